The maximum atomic E-state index is 12.8. The van der Waals surface area contributed by atoms with Crippen LogP contribution in [0.4, 0.5) is 0 Å². The summed E-state index contributed by atoms with van der Waals surface area (Å²) < 4.78 is 17.3. The van der Waals surface area contributed by atoms with Crippen molar-refractivity contribution in [3.63, 3.8) is 0 Å². The Morgan fingerprint density at radius 2 is 0.662 bits per heavy atom. The van der Waals surface area contributed by atoms with Crippen LogP contribution in [-0.4, -0.2) is 37.9 Å². The van der Waals surface area contributed by atoms with Gasteiger partial charge in [0.1, 0.15) is 6.61 Å². The lowest BCUT2D eigenvalue weighted by Crippen LogP contribution is -2.30. The first-order valence-corrected chi connectivity index (χ1v) is 28.1. The van der Waals surface area contributed by atoms with Crippen molar-refractivity contribution in [1.82, 2.24) is 0 Å². The van der Waals surface area contributed by atoms with Crippen LogP contribution in [0.25, 0.3) is 0 Å². The summed E-state index contributed by atoms with van der Waals surface area (Å²) in [5.74, 6) is -0.462. The highest BCUT2D eigenvalue weighted by molar-refractivity contribution is 5.70. The molecule has 0 aliphatic carbocycles. The number of esters is 2. The summed E-state index contributed by atoms with van der Waals surface area (Å²) in [6, 6.07) is 0. The summed E-state index contributed by atoms with van der Waals surface area (Å²) in [4.78, 5) is 25.5. The van der Waals surface area contributed by atoms with Gasteiger partial charge in [-0.2, -0.15) is 0 Å². The van der Waals surface area contributed by atoms with Gasteiger partial charge in [-0.15, -0.1) is 0 Å². The molecule has 0 aromatic heterocycles. The average Bonchev–Trinajstić information content (AvgIpc) is 3.34. The van der Waals surface area contributed by atoms with Gasteiger partial charge in [0.25, 0.3) is 0 Å². The standard InChI is InChI=1S/C63H104O5/c1-4-7-10-13-16-19-22-25-28-31-32-34-35-38-41-44-47-50-53-56-62(64)67-60-61(59-66-58-55-52-49-46-43-40-37-30-27-24-21-18-15-12-9-6-3)68-63(65)57-54-51-48-45-42-39-36-33-29-26-23-20-17-14-11-8-5-2/h7,9-10,12,16,18-19,21,25-30,32,34,40,43,49,52,61H,4-6,8,11,13-15,17,20,22-24,31,33,35-39,41-42,44-48,50-51,53-60H2,1-3H3/b10-7-,12-9-,19-16-,21-18-,28-25-,29-26-,30-27-,34-32-,43-40-,52-49-. The second-order valence-electron chi connectivity index (χ2n) is 18.1. The summed E-state index contributed by atoms with van der Waals surface area (Å²) in [5, 5.41) is 0. The summed E-state index contributed by atoms with van der Waals surface area (Å²) in [6.07, 6.45) is 80.9. The Hall–Kier alpha value is -3.70. The molecule has 0 aliphatic heterocycles. The molecule has 0 aliphatic rings. The van der Waals surface area contributed by atoms with Gasteiger partial charge >= 0.3 is 11.9 Å². The summed E-state index contributed by atoms with van der Waals surface area (Å²) in [7, 11) is 0. The Morgan fingerprint density at radius 1 is 0.338 bits per heavy atom. The molecular formula is C63H104O5. The molecule has 0 rings (SSSR count). The quantitative estimate of drug-likeness (QED) is 0.0345. The number of unbranched alkanes of at least 4 members (excludes halogenated alkanes) is 19. The first-order valence-electron chi connectivity index (χ1n) is 28.1. The molecule has 386 valence electrons. The lowest BCUT2D eigenvalue weighted by molar-refractivity contribution is -0.162. The third kappa shape index (κ3) is 54.9. The smallest absolute Gasteiger partial charge is 0.306 e. The van der Waals surface area contributed by atoms with Crippen molar-refractivity contribution in [1.29, 1.82) is 0 Å². The molecule has 0 N–H and O–H groups in total. The fourth-order valence-corrected chi connectivity index (χ4v) is 7.38. The summed E-state index contributed by atoms with van der Waals surface area (Å²) in [6.45, 7) is 7.37. The van der Waals surface area contributed by atoms with Gasteiger partial charge in [-0.3, -0.25) is 9.59 Å². The average molecular weight is 942 g/mol. The van der Waals surface area contributed by atoms with E-state index in [1.54, 1.807) is 0 Å². The van der Waals surface area contributed by atoms with Crippen molar-refractivity contribution in [2.75, 3.05) is 19.8 Å². The molecule has 0 saturated heterocycles. The number of ether oxygens (including phenoxy) is 3. The lowest BCUT2D eigenvalue weighted by atomic mass is 10.1. The Balaban J connectivity index is 4.42. The van der Waals surface area contributed by atoms with Crippen LogP contribution in [0.1, 0.15) is 239 Å². The van der Waals surface area contributed by atoms with E-state index in [-0.39, 0.29) is 25.2 Å². The normalized spacial score (nSPS) is 13.2. The lowest BCUT2D eigenvalue weighted by Gasteiger charge is -2.18. The highest BCUT2D eigenvalue weighted by Crippen LogP contribution is 2.14. The maximum absolute atomic E-state index is 12.8. The number of hydrogen-bond acceptors (Lipinski definition) is 5. The van der Waals surface area contributed by atoms with Gasteiger partial charge in [0.05, 0.1) is 13.2 Å². The fraction of sp³-hybridized carbons (Fsp3) is 0.651. The molecule has 5 heteroatoms. The number of hydrogen-bond donors (Lipinski definition) is 0. The van der Waals surface area contributed by atoms with E-state index >= 15 is 0 Å². The summed E-state index contributed by atoms with van der Waals surface area (Å²) in [5.41, 5.74) is 0. The third-order valence-electron chi connectivity index (χ3n) is 11.5. The van der Waals surface area contributed by atoms with Crippen molar-refractivity contribution in [3.8, 4) is 0 Å². The van der Waals surface area contributed by atoms with Crippen molar-refractivity contribution >= 4 is 11.9 Å². The second kappa shape index (κ2) is 57.6. The molecule has 0 aromatic rings. The van der Waals surface area contributed by atoms with Crippen LogP contribution in [0.15, 0.2) is 122 Å². The molecule has 0 fully saturated rings. The van der Waals surface area contributed by atoms with Crippen LogP contribution in [0, 0.1) is 0 Å². The van der Waals surface area contributed by atoms with Gasteiger partial charge in [0, 0.05) is 12.8 Å². The van der Waals surface area contributed by atoms with Crippen molar-refractivity contribution in [3.05, 3.63) is 122 Å². The van der Waals surface area contributed by atoms with Crippen LogP contribution >= 0.6 is 0 Å². The van der Waals surface area contributed by atoms with Crippen molar-refractivity contribution in [2.45, 2.75) is 245 Å². The van der Waals surface area contributed by atoms with Gasteiger partial charge in [0.2, 0.25) is 0 Å². The van der Waals surface area contributed by atoms with Crippen LogP contribution < -0.4 is 0 Å². The van der Waals surface area contributed by atoms with Crippen LogP contribution in [0.3, 0.4) is 0 Å². The monoisotopic (exact) mass is 941 g/mol. The van der Waals surface area contributed by atoms with Gasteiger partial charge in [-0.1, -0.05) is 232 Å². The molecule has 0 heterocycles. The van der Waals surface area contributed by atoms with Crippen LogP contribution in [-0.2, 0) is 23.8 Å². The van der Waals surface area contributed by atoms with E-state index in [1.165, 1.54) is 96.3 Å². The van der Waals surface area contributed by atoms with Gasteiger partial charge in [-0.25, -0.2) is 0 Å². The Kier molecular flexibility index (Phi) is 54.5. The summed E-state index contributed by atoms with van der Waals surface area (Å²) >= 11 is 0. The van der Waals surface area contributed by atoms with E-state index < -0.39 is 6.10 Å². The van der Waals surface area contributed by atoms with E-state index in [4.69, 9.17) is 14.2 Å². The van der Waals surface area contributed by atoms with E-state index in [1.807, 2.05) is 0 Å². The molecule has 1 atom stereocenters. The van der Waals surface area contributed by atoms with E-state index in [0.29, 0.717) is 19.4 Å². The Morgan fingerprint density at radius 3 is 1.07 bits per heavy atom. The van der Waals surface area contributed by atoms with Gasteiger partial charge < -0.3 is 14.2 Å². The minimum absolute atomic E-state index is 0.0395. The Labute approximate surface area is 420 Å². The zero-order valence-electron chi connectivity index (χ0n) is 44.3. The SMILES string of the molecule is CC/C=C\C/C=C\C/C=C\C/C=C\C/C=C\CCOCC(COC(=O)CCCCCCCC/C=C\C/C=C\C/C=C\C/C=C\CC)OC(=O)CCCCCCCCC/C=C\CCCCCCCC. The minimum atomic E-state index is -0.593. The highest BCUT2D eigenvalue weighted by Gasteiger charge is 2.17. The molecule has 0 amide bonds. The van der Waals surface area contributed by atoms with Gasteiger partial charge in [-0.05, 0) is 116 Å². The zero-order chi connectivity index (χ0) is 49.2. The zero-order valence-corrected chi connectivity index (χ0v) is 44.3. The molecule has 1 unspecified atom stereocenters. The van der Waals surface area contributed by atoms with Crippen molar-refractivity contribution < 1.29 is 23.8 Å². The molecule has 68 heavy (non-hydrogen) atoms. The fourth-order valence-electron chi connectivity index (χ4n) is 7.38. The first-order chi connectivity index (χ1) is 33.6. The number of carbonyl (C=O) groups excluding carboxylic acids is 2. The molecule has 0 saturated carbocycles. The number of allylic oxidation sites excluding steroid dienone is 19. The molecule has 0 radical (unpaired) electrons. The molecule has 0 spiro atoms. The largest absolute Gasteiger partial charge is 0.462 e. The first kappa shape index (κ1) is 64.3. The predicted molar refractivity (Wildman–Crippen MR) is 297 cm³/mol. The third-order valence-corrected chi connectivity index (χ3v) is 11.5. The molecule has 5 nitrogen and oxygen atoms in total. The van der Waals surface area contributed by atoms with E-state index in [2.05, 4.69) is 142 Å². The van der Waals surface area contributed by atoms with E-state index in [9.17, 15) is 9.59 Å². The maximum Gasteiger partial charge on any atom is 0.306 e. The Bertz CT molecular complexity index is 1390. The van der Waals surface area contributed by atoms with E-state index in [0.717, 1.165) is 109 Å². The molecule has 0 aromatic carbocycles. The predicted octanol–water partition coefficient (Wildman–Crippen LogP) is 19.3. The molecular weight excluding hydrogens is 837 g/mol. The topological polar surface area (TPSA) is 61.8 Å². The number of carbonyl (C=O) groups is 2. The van der Waals surface area contributed by atoms with Crippen LogP contribution in [0.2, 0.25) is 0 Å². The highest BCUT2D eigenvalue weighted by atomic mass is 16.6. The van der Waals surface area contributed by atoms with Crippen molar-refractivity contribution in [2.24, 2.45) is 0 Å². The second-order valence-corrected chi connectivity index (χ2v) is 18.1. The van der Waals surface area contributed by atoms with Crippen LogP contribution in [0.5, 0.6) is 0 Å². The van der Waals surface area contributed by atoms with Gasteiger partial charge in [0.15, 0.2) is 6.10 Å². The number of rotatable bonds is 50. The minimum Gasteiger partial charge on any atom is -0.462 e. The molecule has 0 bridgehead atoms.